The Labute approximate surface area is 88.9 Å². The van der Waals surface area contributed by atoms with Gasteiger partial charge in [0.2, 0.25) is 0 Å². The van der Waals surface area contributed by atoms with E-state index in [4.69, 9.17) is 0 Å². The first-order chi connectivity index (χ1) is 7.18. The van der Waals surface area contributed by atoms with Gasteiger partial charge in [-0.1, -0.05) is 6.92 Å². The van der Waals surface area contributed by atoms with Crippen LogP contribution in [0.2, 0.25) is 0 Å². The Bertz CT molecular complexity index is 365. The van der Waals surface area contributed by atoms with Crippen LogP contribution in [-0.4, -0.2) is 33.9 Å². The smallest absolute Gasteiger partial charge is 0.192 e. The third kappa shape index (κ3) is 1.67. The summed E-state index contributed by atoms with van der Waals surface area (Å²) in [7, 11) is 1.72. The number of ketones is 1. The number of carbonyl (C=O) groups excluding carboxylic acids is 1. The lowest BCUT2D eigenvalue weighted by Gasteiger charge is -2.23. The molecule has 1 atom stereocenters. The van der Waals surface area contributed by atoms with E-state index in [9.17, 15) is 4.79 Å². The molecule has 0 bridgehead atoms. The molecule has 1 unspecified atom stereocenters. The van der Waals surface area contributed by atoms with Crippen LogP contribution in [0.5, 0.6) is 0 Å². The second-order valence-corrected chi connectivity index (χ2v) is 4.11. The highest BCUT2D eigenvalue weighted by Crippen LogP contribution is 2.32. The molecule has 1 aromatic heterocycles. The molecule has 1 aromatic rings. The van der Waals surface area contributed by atoms with Gasteiger partial charge in [-0.3, -0.25) is 4.79 Å². The summed E-state index contributed by atoms with van der Waals surface area (Å²) in [5.41, 5.74) is 0.235. The molecule has 15 heavy (non-hydrogen) atoms. The summed E-state index contributed by atoms with van der Waals surface area (Å²) in [6, 6.07) is 0. The number of nitrogens with zero attached hydrogens (tertiary/aromatic N) is 3. The van der Waals surface area contributed by atoms with Crippen LogP contribution in [0.1, 0.15) is 30.3 Å². The van der Waals surface area contributed by atoms with Crippen LogP contribution in [0.15, 0.2) is 6.20 Å². The van der Waals surface area contributed by atoms with Gasteiger partial charge in [0.1, 0.15) is 5.69 Å². The van der Waals surface area contributed by atoms with Crippen molar-refractivity contribution in [1.29, 1.82) is 0 Å². The van der Waals surface area contributed by atoms with Gasteiger partial charge in [0, 0.05) is 19.0 Å². The highest BCUT2D eigenvalue weighted by Gasteiger charge is 2.40. The molecule has 2 rings (SSSR count). The summed E-state index contributed by atoms with van der Waals surface area (Å²) in [5, 5.41) is 11.3. The van der Waals surface area contributed by atoms with Crippen LogP contribution in [-0.2, 0) is 7.05 Å². The van der Waals surface area contributed by atoms with Crippen LogP contribution in [0.4, 0.5) is 0 Å². The summed E-state index contributed by atoms with van der Waals surface area (Å²) >= 11 is 0. The first kappa shape index (κ1) is 10.3. The first-order valence-corrected chi connectivity index (χ1v) is 5.30. The zero-order valence-electron chi connectivity index (χ0n) is 9.16. The van der Waals surface area contributed by atoms with Crippen LogP contribution < -0.4 is 5.32 Å². The second kappa shape index (κ2) is 3.73. The fourth-order valence-electron chi connectivity index (χ4n) is 2.12. The Morgan fingerprint density at radius 1 is 1.73 bits per heavy atom. The van der Waals surface area contributed by atoms with E-state index in [0.29, 0.717) is 5.69 Å². The molecular weight excluding hydrogens is 192 g/mol. The first-order valence-electron chi connectivity index (χ1n) is 5.30. The number of aromatic nitrogens is 3. The minimum absolute atomic E-state index is 0.128. The molecule has 1 N–H and O–H groups in total. The third-order valence-electron chi connectivity index (χ3n) is 3.23. The van der Waals surface area contributed by atoms with Gasteiger partial charge in [-0.2, -0.15) is 15.0 Å². The van der Waals surface area contributed by atoms with Crippen molar-refractivity contribution in [2.45, 2.75) is 19.8 Å². The largest absolute Gasteiger partial charge is 0.316 e. The normalized spacial score (nSPS) is 25.7. The number of Topliss-reactive ketones (excluding diaryl/α,β-unsaturated/α-hetero) is 1. The number of rotatable bonds is 3. The predicted molar refractivity (Wildman–Crippen MR) is 55.5 cm³/mol. The van der Waals surface area contributed by atoms with Crippen LogP contribution >= 0.6 is 0 Å². The lowest BCUT2D eigenvalue weighted by atomic mass is 9.79. The predicted octanol–water partition coefficient (Wildman–Crippen LogP) is 0.388. The quantitative estimate of drug-likeness (QED) is 0.730. The Hall–Kier alpha value is -1.23. The SMILES string of the molecule is CCC1(C(=O)c2cnn(C)n2)CCNC1. The van der Waals surface area contributed by atoms with Crippen LogP contribution in [0, 0.1) is 5.41 Å². The molecule has 0 radical (unpaired) electrons. The molecule has 2 heterocycles. The molecule has 0 amide bonds. The summed E-state index contributed by atoms with van der Waals surface area (Å²) in [4.78, 5) is 13.7. The van der Waals surface area contributed by atoms with Gasteiger partial charge in [0.25, 0.3) is 0 Å². The standard InChI is InChI=1S/C10H16N4O/c1-3-10(4-5-11-7-10)9(15)8-6-12-14(2)13-8/h6,11H,3-5,7H2,1-2H3. The van der Waals surface area contributed by atoms with E-state index in [1.165, 1.54) is 4.80 Å². The number of hydrogen-bond acceptors (Lipinski definition) is 4. The lowest BCUT2D eigenvalue weighted by molar-refractivity contribution is 0.0804. The molecule has 1 saturated heterocycles. The minimum atomic E-state index is -0.254. The molecule has 1 aliphatic rings. The zero-order valence-corrected chi connectivity index (χ0v) is 9.16. The van der Waals surface area contributed by atoms with Crippen molar-refractivity contribution in [3.63, 3.8) is 0 Å². The molecule has 1 fully saturated rings. The average Bonchev–Trinajstić information content (AvgIpc) is 2.86. The number of hydrogen-bond donors (Lipinski definition) is 1. The van der Waals surface area contributed by atoms with Gasteiger partial charge < -0.3 is 5.32 Å². The van der Waals surface area contributed by atoms with Crippen molar-refractivity contribution < 1.29 is 4.79 Å². The molecule has 0 aromatic carbocycles. The molecule has 0 spiro atoms. The van der Waals surface area contributed by atoms with E-state index < -0.39 is 0 Å². The number of aryl methyl sites for hydroxylation is 1. The monoisotopic (exact) mass is 208 g/mol. The van der Waals surface area contributed by atoms with Crippen molar-refractivity contribution in [2.24, 2.45) is 12.5 Å². The van der Waals surface area contributed by atoms with Crippen molar-refractivity contribution in [3.8, 4) is 0 Å². The van der Waals surface area contributed by atoms with E-state index in [1.807, 2.05) is 0 Å². The molecule has 82 valence electrons. The number of carbonyl (C=O) groups is 1. The third-order valence-corrected chi connectivity index (χ3v) is 3.23. The van der Waals surface area contributed by atoms with Crippen molar-refractivity contribution >= 4 is 5.78 Å². The van der Waals surface area contributed by atoms with Crippen molar-refractivity contribution in [2.75, 3.05) is 13.1 Å². The molecular formula is C10H16N4O. The van der Waals surface area contributed by atoms with Crippen LogP contribution in [0.25, 0.3) is 0 Å². The van der Waals surface area contributed by atoms with Gasteiger partial charge in [0.05, 0.1) is 6.20 Å². The Morgan fingerprint density at radius 2 is 2.53 bits per heavy atom. The Balaban J connectivity index is 2.26. The maximum Gasteiger partial charge on any atom is 0.192 e. The topological polar surface area (TPSA) is 59.8 Å². The fraction of sp³-hybridized carbons (Fsp3) is 0.700. The van der Waals surface area contributed by atoms with Gasteiger partial charge in [-0.05, 0) is 19.4 Å². The Kier molecular flexibility index (Phi) is 2.56. The lowest BCUT2D eigenvalue weighted by Crippen LogP contribution is -2.33. The van der Waals surface area contributed by atoms with E-state index in [1.54, 1.807) is 13.2 Å². The van der Waals surface area contributed by atoms with Gasteiger partial charge in [-0.25, -0.2) is 0 Å². The van der Waals surface area contributed by atoms with E-state index >= 15 is 0 Å². The molecule has 0 saturated carbocycles. The molecule has 1 aliphatic heterocycles. The summed E-state index contributed by atoms with van der Waals surface area (Å²) in [6.07, 6.45) is 3.31. The highest BCUT2D eigenvalue weighted by molar-refractivity contribution is 5.99. The van der Waals surface area contributed by atoms with E-state index in [-0.39, 0.29) is 11.2 Å². The summed E-state index contributed by atoms with van der Waals surface area (Å²) < 4.78 is 0. The van der Waals surface area contributed by atoms with Crippen molar-refractivity contribution in [1.82, 2.24) is 20.3 Å². The summed E-state index contributed by atoms with van der Waals surface area (Å²) in [6.45, 7) is 3.74. The molecule has 0 aliphatic carbocycles. The van der Waals surface area contributed by atoms with Crippen LogP contribution in [0.3, 0.4) is 0 Å². The van der Waals surface area contributed by atoms with Gasteiger partial charge in [0.15, 0.2) is 5.78 Å². The zero-order chi connectivity index (χ0) is 10.9. The van der Waals surface area contributed by atoms with Crippen molar-refractivity contribution in [3.05, 3.63) is 11.9 Å². The highest BCUT2D eigenvalue weighted by atomic mass is 16.1. The van der Waals surface area contributed by atoms with Gasteiger partial charge in [-0.15, -0.1) is 0 Å². The van der Waals surface area contributed by atoms with Gasteiger partial charge >= 0.3 is 0 Å². The molecule has 5 heteroatoms. The Morgan fingerprint density at radius 3 is 3.00 bits per heavy atom. The maximum absolute atomic E-state index is 12.3. The maximum atomic E-state index is 12.3. The second-order valence-electron chi connectivity index (χ2n) is 4.11. The minimum Gasteiger partial charge on any atom is -0.316 e. The summed E-state index contributed by atoms with van der Waals surface area (Å²) in [5.74, 6) is 0.128. The average molecular weight is 208 g/mol. The van der Waals surface area contributed by atoms with E-state index in [0.717, 1.165) is 25.9 Å². The fourth-order valence-corrected chi connectivity index (χ4v) is 2.12. The number of nitrogens with one attached hydrogen (secondary N) is 1. The molecule has 5 nitrogen and oxygen atoms in total. The van der Waals surface area contributed by atoms with E-state index in [2.05, 4.69) is 22.4 Å².